The number of benzene rings is 3. The number of nitrogens with zero attached hydrogens (tertiary/aromatic N) is 3. The molecule has 3 aromatic rings. The minimum absolute atomic E-state index is 0.0783. The van der Waals surface area contributed by atoms with Crippen LogP contribution in [0.3, 0.4) is 0 Å². The van der Waals surface area contributed by atoms with Gasteiger partial charge in [-0.3, -0.25) is 9.10 Å². The highest BCUT2D eigenvalue weighted by Gasteiger charge is 2.26. The molecule has 3 aromatic carbocycles. The molecule has 0 bridgehead atoms. The van der Waals surface area contributed by atoms with E-state index in [2.05, 4.69) is 17.0 Å². The summed E-state index contributed by atoms with van der Waals surface area (Å²) >= 11 is 0. The molecule has 172 valence electrons. The minimum atomic E-state index is -3.83. The highest BCUT2D eigenvalue weighted by Crippen LogP contribution is 2.25. The molecular formula is C25H27N3O4S. The lowest BCUT2D eigenvalue weighted by molar-refractivity contribution is 0.0746. The molecule has 1 heterocycles. The predicted octanol–water partition coefficient (Wildman–Crippen LogP) is 3.48. The van der Waals surface area contributed by atoms with Gasteiger partial charge in [0.05, 0.1) is 17.7 Å². The molecule has 1 fully saturated rings. The van der Waals surface area contributed by atoms with E-state index in [1.165, 1.54) is 23.5 Å². The van der Waals surface area contributed by atoms with E-state index in [1.54, 1.807) is 48.4 Å². The van der Waals surface area contributed by atoms with Crippen molar-refractivity contribution in [3.05, 3.63) is 84.4 Å². The molecule has 0 aliphatic carbocycles. The summed E-state index contributed by atoms with van der Waals surface area (Å²) in [6.07, 6.45) is 0. The molecule has 1 amide bonds. The monoisotopic (exact) mass is 465 g/mol. The van der Waals surface area contributed by atoms with Crippen LogP contribution in [0.5, 0.6) is 5.75 Å². The lowest BCUT2D eigenvalue weighted by Crippen LogP contribution is -2.48. The van der Waals surface area contributed by atoms with Crippen LogP contribution < -0.4 is 13.9 Å². The maximum atomic E-state index is 13.2. The molecule has 0 atom stereocenters. The van der Waals surface area contributed by atoms with Gasteiger partial charge in [-0.05, 0) is 54.6 Å². The maximum absolute atomic E-state index is 13.2. The predicted molar refractivity (Wildman–Crippen MR) is 130 cm³/mol. The highest BCUT2D eigenvalue weighted by molar-refractivity contribution is 7.92. The summed E-state index contributed by atoms with van der Waals surface area (Å²) < 4.78 is 32.7. The number of piperazine rings is 1. The second-order valence-electron chi connectivity index (χ2n) is 7.81. The van der Waals surface area contributed by atoms with Crippen molar-refractivity contribution in [2.75, 3.05) is 49.5 Å². The number of sulfonamides is 1. The summed E-state index contributed by atoms with van der Waals surface area (Å²) in [5, 5.41) is 0. The summed E-state index contributed by atoms with van der Waals surface area (Å²) in [6, 6.07) is 23.1. The van der Waals surface area contributed by atoms with Crippen molar-refractivity contribution >= 4 is 27.3 Å². The number of para-hydroxylation sites is 1. The summed E-state index contributed by atoms with van der Waals surface area (Å²) in [6.45, 7) is 2.62. The van der Waals surface area contributed by atoms with Gasteiger partial charge in [0.25, 0.3) is 15.9 Å². The molecule has 0 radical (unpaired) electrons. The van der Waals surface area contributed by atoms with Crippen molar-refractivity contribution in [2.24, 2.45) is 0 Å². The summed E-state index contributed by atoms with van der Waals surface area (Å²) in [4.78, 5) is 17.2. The number of hydrogen-bond acceptors (Lipinski definition) is 5. The molecule has 7 nitrogen and oxygen atoms in total. The van der Waals surface area contributed by atoms with Crippen LogP contribution in [0.1, 0.15) is 10.4 Å². The Morgan fingerprint density at radius 2 is 1.55 bits per heavy atom. The van der Waals surface area contributed by atoms with E-state index in [1.807, 2.05) is 18.2 Å². The molecule has 0 N–H and O–H groups in total. The van der Waals surface area contributed by atoms with Crippen LogP contribution >= 0.6 is 0 Å². The smallest absolute Gasteiger partial charge is 0.264 e. The van der Waals surface area contributed by atoms with Crippen LogP contribution in [0, 0.1) is 0 Å². The van der Waals surface area contributed by atoms with Gasteiger partial charge in [-0.25, -0.2) is 8.42 Å². The van der Waals surface area contributed by atoms with Gasteiger partial charge < -0.3 is 14.5 Å². The molecule has 4 rings (SSSR count). The van der Waals surface area contributed by atoms with Gasteiger partial charge in [0, 0.05) is 44.5 Å². The van der Waals surface area contributed by atoms with E-state index < -0.39 is 10.0 Å². The van der Waals surface area contributed by atoms with Crippen molar-refractivity contribution in [3.63, 3.8) is 0 Å². The molecule has 1 aliphatic rings. The van der Waals surface area contributed by atoms with Gasteiger partial charge in [0.2, 0.25) is 0 Å². The van der Waals surface area contributed by atoms with Crippen molar-refractivity contribution < 1.29 is 17.9 Å². The van der Waals surface area contributed by atoms with Crippen LogP contribution in [0.2, 0.25) is 0 Å². The third-order valence-electron chi connectivity index (χ3n) is 5.86. The zero-order valence-corrected chi connectivity index (χ0v) is 19.5. The van der Waals surface area contributed by atoms with E-state index in [0.717, 1.165) is 18.8 Å². The molecule has 1 saturated heterocycles. The van der Waals surface area contributed by atoms with E-state index >= 15 is 0 Å². The number of rotatable bonds is 6. The number of hydrogen-bond donors (Lipinski definition) is 0. The Bertz CT molecular complexity index is 1210. The van der Waals surface area contributed by atoms with Crippen molar-refractivity contribution in [1.29, 1.82) is 0 Å². The number of ether oxygens (including phenoxy) is 1. The van der Waals surface area contributed by atoms with Gasteiger partial charge in [0.15, 0.2) is 0 Å². The van der Waals surface area contributed by atoms with Crippen LogP contribution in [-0.2, 0) is 10.0 Å². The minimum Gasteiger partial charge on any atom is -0.497 e. The molecule has 33 heavy (non-hydrogen) atoms. The molecule has 0 aromatic heterocycles. The molecule has 0 unspecified atom stereocenters. The fourth-order valence-electron chi connectivity index (χ4n) is 3.87. The number of amides is 1. The maximum Gasteiger partial charge on any atom is 0.264 e. The molecule has 0 spiro atoms. The summed E-state index contributed by atoms with van der Waals surface area (Å²) in [5.74, 6) is 0.483. The quantitative estimate of drug-likeness (QED) is 0.558. The third kappa shape index (κ3) is 4.80. The van der Waals surface area contributed by atoms with E-state index in [-0.39, 0.29) is 10.8 Å². The Hall–Kier alpha value is -3.52. The van der Waals surface area contributed by atoms with Crippen molar-refractivity contribution in [2.45, 2.75) is 4.90 Å². The van der Waals surface area contributed by atoms with Gasteiger partial charge in [-0.15, -0.1) is 0 Å². The normalized spacial score (nSPS) is 14.1. The SMILES string of the molecule is COc1ccc(N(C)S(=O)(=O)c2cccc(C(=O)N3CCN(c4ccccc4)CC3)c2)cc1. The Labute approximate surface area is 194 Å². The Kier molecular flexibility index (Phi) is 6.55. The second-order valence-corrected chi connectivity index (χ2v) is 9.78. The Morgan fingerprint density at radius 1 is 0.879 bits per heavy atom. The average molecular weight is 466 g/mol. The first-order chi connectivity index (χ1) is 15.9. The topological polar surface area (TPSA) is 70.2 Å². The number of methoxy groups -OCH3 is 1. The fraction of sp³-hybridized carbons (Fsp3) is 0.240. The fourth-order valence-corrected chi connectivity index (χ4v) is 5.11. The molecule has 8 heteroatoms. The summed E-state index contributed by atoms with van der Waals surface area (Å²) in [7, 11) is -0.780. The zero-order chi connectivity index (χ0) is 23.4. The first-order valence-electron chi connectivity index (χ1n) is 10.7. The molecular weight excluding hydrogens is 438 g/mol. The standard InChI is InChI=1S/C25H27N3O4S/c1-26(21-11-13-23(32-2)14-12-21)33(30,31)24-10-6-7-20(19-24)25(29)28-17-15-27(16-18-28)22-8-4-3-5-9-22/h3-14,19H,15-18H2,1-2H3. The van der Waals surface area contributed by atoms with E-state index in [9.17, 15) is 13.2 Å². The Morgan fingerprint density at radius 3 is 2.18 bits per heavy atom. The van der Waals surface area contributed by atoms with Gasteiger partial charge in [-0.2, -0.15) is 0 Å². The summed E-state index contributed by atoms with van der Waals surface area (Å²) in [5.41, 5.74) is 2.01. The van der Waals surface area contributed by atoms with Crippen LogP contribution in [0.4, 0.5) is 11.4 Å². The first-order valence-corrected chi connectivity index (χ1v) is 12.2. The first kappa shape index (κ1) is 22.7. The van der Waals surface area contributed by atoms with Gasteiger partial charge >= 0.3 is 0 Å². The molecule has 0 saturated carbocycles. The van der Waals surface area contributed by atoms with E-state index in [4.69, 9.17) is 4.74 Å². The van der Waals surface area contributed by atoms with Gasteiger partial charge in [0.1, 0.15) is 5.75 Å². The lowest BCUT2D eigenvalue weighted by atomic mass is 10.1. The largest absolute Gasteiger partial charge is 0.497 e. The van der Waals surface area contributed by atoms with E-state index in [0.29, 0.717) is 30.1 Å². The number of carbonyl (C=O) groups excluding carboxylic acids is 1. The highest BCUT2D eigenvalue weighted by atomic mass is 32.2. The Balaban J connectivity index is 1.48. The van der Waals surface area contributed by atoms with Gasteiger partial charge in [-0.1, -0.05) is 24.3 Å². The third-order valence-corrected chi connectivity index (χ3v) is 7.65. The molecule has 1 aliphatic heterocycles. The van der Waals surface area contributed by atoms with Crippen molar-refractivity contribution in [3.8, 4) is 5.75 Å². The zero-order valence-electron chi connectivity index (χ0n) is 18.7. The average Bonchev–Trinajstić information content (AvgIpc) is 2.88. The number of carbonyl (C=O) groups is 1. The van der Waals surface area contributed by atoms with Crippen LogP contribution in [-0.4, -0.2) is 59.6 Å². The van der Waals surface area contributed by atoms with Crippen LogP contribution in [0.15, 0.2) is 83.8 Å². The number of anilines is 2. The second kappa shape index (κ2) is 9.54. The van der Waals surface area contributed by atoms with Crippen LogP contribution in [0.25, 0.3) is 0 Å². The lowest BCUT2D eigenvalue weighted by Gasteiger charge is -2.36. The van der Waals surface area contributed by atoms with Crippen molar-refractivity contribution in [1.82, 2.24) is 4.90 Å².